The van der Waals surface area contributed by atoms with Gasteiger partial charge in [-0.3, -0.25) is 4.79 Å². The van der Waals surface area contributed by atoms with Crippen molar-refractivity contribution in [3.63, 3.8) is 0 Å². The third-order valence-electron chi connectivity index (χ3n) is 2.51. The van der Waals surface area contributed by atoms with E-state index in [1.807, 2.05) is 0 Å². The van der Waals surface area contributed by atoms with Crippen LogP contribution in [0.4, 0.5) is 24.5 Å². The lowest BCUT2D eigenvalue weighted by Crippen LogP contribution is -2.15. The molecule has 0 heterocycles. The Balaban J connectivity index is 2.35. The molecule has 0 aliphatic rings. The summed E-state index contributed by atoms with van der Waals surface area (Å²) in [5.74, 6) is -3.20. The van der Waals surface area contributed by atoms with Gasteiger partial charge in [-0.15, -0.1) is 0 Å². The van der Waals surface area contributed by atoms with Crippen LogP contribution in [0.3, 0.4) is 0 Å². The molecule has 104 valence electrons. The first kappa shape index (κ1) is 14.4. The summed E-state index contributed by atoms with van der Waals surface area (Å²) in [6.45, 7) is 0. The summed E-state index contributed by atoms with van der Waals surface area (Å²) in [4.78, 5) is 11.9. The first-order valence-corrected chi connectivity index (χ1v) is 6.18. The van der Waals surface area contributed by atoms with Gasteiger partial charge in [-0.2, -0.15) is 0 Å². The molecular formula is C13H8BrF3N2O. The van der Waals surface area contributed by atoms with Gasteiger partial charge < -0.3 is 11.1 Å². The van der Waals surface area contributed by atoms with E-state index in [1.54, 1.807) is 0 Å². The van der Waals surface area contributed by atoms with Crippen molar-refractivity contribution in [2.75, 3.05) is 11.1 Å². The van der Waals surface area contributed by atoms with Gasteiger partial charge in [-0.1, -0.05) is 0 Å². The van der Waals surface area contributed by atoms with Gasteiger partial charge in [0, 0.05) is 16.2 Å². The van der Waals surface area contributed by atoms with E-state index < -0.39 is 23.4 Å². The van der Waals surface area contributed by atoms with Crippen LogP contribution in [0.5, 0.6) is 0 Å². The van der Waals surface area contributed by atoms with Crippen molar-refractivity contribution in [3.05, 3.63) is 57.8 Å². The number of benzene rings is 2. The molecule has 0 atom stereocenters. The molecule has 0 aliphatic carbocycles. The Labute approximate surface area is 120 Å². The molecule has 0 spiro atoms. The van der Waals surface area contributed by atoms with Crippen molar-refractivity contribution in [2.45, 2.75) is 0 Å². The van der Waals surface area contributed by atoms with Crippen LogP contribution < -0.4 is 11.1 Å². The normalized spacial score (nSPS) is 10.4. The van der Waals surface area contributed by atoms with E-state index in [4.69, 9.17) is 5.73 Å². The van der Waals surface area contributed by atoms with Crippen LogP contribution in [-0.4, -0.2) is 5.91 Å². The summed E-state index contributed by atoms with van der Waals surface area (Å²) in [6, 6.07) is 4.86. The number of amides is 1. The highest BCUT2D eigenvalue weighted by molar-refractivity contribution is 9.10. The van der Waals surface area contributed by atoms with E-state index >= 15 is 0 Å². The van der Waals surface area contributed by atoms with Crippen molar-refractivity contribution in [2.24, 2.45) is 0 Å². The minimum atomic E-state index is -0.958. The van der Waals surface area contributed by atoms with Gasteiger partial charge in [0.25, 0.3) is 5.91 Å². The van der Waals surface area contributed by atoms with E-state index in [-0.39, 0.29) is 21.4 Å². The summed E-state index contributed by atoms with van der Waals surface area (Å²) in [5.41, 5.74) is 5.21. The fourth-order valence-electron chi connectivity index (χ4n) is 1.57. The number of hydrogen-bond donors (Lipinski definition) is 2. The molecule has 0 aliphatic heterocycles. The SMILES string of the molecule is Nc1ccc(F)cc1C(=O)Nc1c(F)cc(F)cc1Br. The zero-order valence-corrected chi connectivity index (χ0v) is 11.5. The maximum atomic E-state index is 13.6. The molecule has 1 amide bonds. The van der Waals surface area contributed by atoms with Crippen LogP contribution in [0.25, 0.3) is 0 Å². The Morgan fingerprint density at radius 3 is 2.45 bits per heavy atom. The van der Waals surface area contributed by atoms with Crippen molar-refractivity contribution in [1.29, 1.82) is 0 Å². The molecule has 0 aromatic heterocycles. The molecule has 7 heteroatoms. The second kappa shape index (κ2) is 5.54. The molecule has 20 heavy (non-hydrogen) atoms. The minimum Gasteiger partial charge on any atom is -0.398 e. The quantitative estimate of drug-likeness (QED) is 0.816. The molecule has 2 aromatic carbocycles. The number of anilines is 2. The largest absolute Gasteiger partial charge is 0.398 e. The predicted molar refractivity (Wildman–Crippen MR) is 72.8 cm³/mol. The molecule has 0 unspecified atom stereocenters. The van der Waals surface area contributed by atoms with Gasteiger partial charge in [0.05, 0.1) is 11.3 Å². The van der Waals surface area contributed by atoms with Crippen molar-refractivity contribution >= 4 is 33.2 Å². The van der Waals surface area contributed by atoms with Crippen molar-refractivity contribution < 1.29 is 18.0 Å². The standard InChI is InChI=1S/C13H8BrF3N2O/c14-9-4-7(16)5-10(17)12(9)19-13(20)8-3-6(15)1-2-11(8)18/h1-5H,18H2,(H,19,20). The molecule has 2 aromatic rings. The lowest BCUT2D eigenvalue weighted by molar-refractivity contribution is 0.102. The summed E-state index contributed by atoms with van der Waals surface area (Å²) < 4.78 is 39.6. The second-order valence-corrected chi connectivity index (χ2v) is 4.78. The average Bonchev–Trinajstić information content (AvgIpc) is 2.36. The summed E-state index contributed by atoms with van der Waals surface area (Å²) in [6.07, 6.45) is 0. The van der Waals surface area contributed by atoms with Crippen LogP contribution in [0.15, 0.2) is 34.8 Å². The van der Waals surface area contributed by atoms with Crippen LogP contribution >= 0.6 is 15.9 Å². The molecule has 0 bridgehead atoms. The first-order chi connectivity index (χ1) is 9.38. The first-order valence-electron chi connectivity index (χ1n) is 5.39. The maximum Gasteiger partial charge on any atom is 0.257 e. The number of rotatable bonds is 2. The molecule has 0 saturated carbocycles. The van der Waals surface area contributed by atoms with E-state index in [2.05, 4.69) is 21.2 Å². The van der Waals surface area contributed by atoms with Crippen LogP contribution in [0.2, 0.25) is 0 Å². The van der Waals surface area contributed by atoms with Crippen molar-refractivity contribution in [3.8, 4) is 0 Å². The number of hydrogen-bond acceptors (Lipinski definition) is 2. The molecule has 3 N–H and O–H groups in total. The van der Waals surface area contributed by atoms with Crippen LogP contribution in [-0.2, 0) is 0 Å². The number of carbonyl (C=O) groups is 1. The Morgan fingerprint density at radius 1 is 1.10 bits per heavy atom. The molecule has 3 nitrogen and oxygen atoms in total. The van der Waals surface area contributed by atoms with Gasteiger partial charge in [-0.05, 0) is 40.2 Å². The third kappa shape index (κ3) is 2.93. The molecule has 0 radical (unpaired) electrons. The fourth-order valence-corrected chi connectivity index (χ4v) is 2.07. The lowest BCUT2D eigenvalue weighted by Gasteiger charge is -2.10. The van der Waals surface area contributed by atoms with E-state index in [1.165, 1.54) is 6.07 Å². The number of nitrogens with two attached hydrogens (primary N) is 1. The van der Waals surface area contributed by atoms with Gasteiger partial charge in [0.1, 0.15) is 11.6 Å². The minimum absolute atomic E-state index is 0.0262. The number of nitrogens with one attached hydrogen (secondary N) is 1. The molecule has 0 saturated heterocycles. The maximum absolute atomic E-state index is 13.6. The highest BCUT2D eigenvalue weighted by Gasteiger charge is 2.16. The topological polar surface area (TPSA) is 55.1 Å². The highest BCUT2D eigenvalue weighted by Crippen LogP contribution is 2.28. The Bertz CT molecular complexity index is 668. The van der Waals surface area contributed by atoms with Gasteiger partial charge >= 0.3 is 0 Å². The van der Waals surface area contributed by atoms with Gasteiger partial charge in [-0.25, -0.2) is 13.2 Å². The third-order valence-corrected chi connectivity index (χ3v) is 3.13. The lowest BCUT2D eigenvalue weighted by atomic mass is 10.1. The Hall–Kier alpha value is -2.02. The fraction of sp³-hybridized carbons (Fsp3) is 0. The van der Waals surface area contributed by atoms with Crippen LogP contribution in [0.1, 0.15) is 10.4 Å². The summed E-state index contributed by atoms with van der Waals surface area (Å²) in [7, 11) is 0. The molecule has 2 rings (SSSR count). The van der Waals surface area contributed by atoms with E-state index in [0.29, 0.717) is 6.07 Å². The Kier molecular flexibility index (Phi) is 3.99. The second-order valence-electron chi connectivity index (χ2n) is 3.93. The average molecular weight is 345 g/mol. The van der Waals surface area contributed by atoms with E-state index in [9.17, 15) is 18.0 Å². The highest BCUT2D eigenvalue weighted by atomic mass is 79.9. The summed E-state index contributed by atoms with van der Waals surface area (Å²) >= 11 is 2.93. The van der Waals surface area contributed by atoms with Crippen LogP contribution in [0, 0.1) is 17.5 Å². The zero-order chi connectivity index (χ0) is 14.9. The van der Waals surface area contributed by atoms with E-state index in [0.717, 1.165) is 18.2 Å². The predicted octanol–water partition coefficient (Wildman–Crippen LogP) is 3.70. The Morgan fingerprint density at radius 2 is 1.80 bits per heavy atom. The van der Waals surface area contributed by atoms with Gasteiger partial charge in [0.2, 0.25) is 0 Å². The monoisotopic (exact) mass is 344 g/mol. The number of carbonyl (C=O) groups excluding carboxylic acids is 1. The van der Waals surface area contributed by atoms with Gasteiger partial charge in [0.15, 0.2) is 5.82 Å². The molecule has 0 fully saturated rings. The molecular weight excluding hydrogens is 337 g/mol. The number of halogens is 4. The van der Waals surface area contributed by atoms with Crippen molar-refractivity contribution in [1.82, 2.24) is 0 Å². The number of nitrogen functional groups attached to an aromatic ring is 1. The summed E-state index contributed by atoms with van der Waals surface area (Å²) in [5, 5.41) is 2.22. The smallest absolute Gasteiger partial charge is 0.257 e. The zero-order valence-electron chi connectivity index (χ0n) is 9.88.